The minimum atomic E-state index is -0.586. The van der Waals surface area contributed by atoms with E-state index in [-0.39, 0.29) is 17.5 Å². The highest BCUT2D eigenvalue weighted by Gasteiger charge is 2.12. The molecule has 1 N–H and O–H groups in total. The summed E-state index contributed by atoms with van der Waals surface area (Å²) in [6, 6.07) is 9.36. The minimum Gasteiger partial charge on any atom is -0.454 e. The second-order valence-corrected chi connectivity index (χ2v) is 5.00. The molecule has 112 valence electrons. The van der Waals surface area contributed by atoms with Crippen molar-refractivity contribution in [2.75, 3.05) is 12.1 Å². The zero-order chi connectivity index (χ0) is 15.5. The SMILES string of the molecule is O=C(/C=C/c1ccc2c(c1)OCO2)Nc1ccc(Cl)cc1F. The Kier molecular flexibility index (Phi) is 3.98. The Bertz CT molecular complexity index is 761. The quantitative estimate of drug-likeness (QED) is 0.874. The Morgan fingerprint density at radius 1 is 1.18 bits per heavy atom. The van der Waals surface area contributed by atoms with E-state index in [2.05, 4.69) is 5.32 Å². The van der Waals surface area contributed by atoms with Gasteiger partial charge in [-0.1, -0.05) is 17.7 Å². The maximum atomic E-state index is 13.6. The van der Waals surface area contributed by atoms with Crippen molar-refractivity contribution >= 4 is 29.3 Å². The van der Waals surface area contributed by atoms with Gasteiger partial charge in [0.1, 0.15) is 5.82 Å². The number of hydrogen-bond donors (Lipinski definition) is 1. The van der Waals surface area contributed by atoms with Gasteiger partial charge in [0.15, 0.2) is 11.5 Å². The van der Waals surface area contributed by atoms with E-state index in [0.717, 1.165) is 11.6 Å². The van der Waals surface area contributed by atoms with Crippen LogP contribution in [0.15, 0.2) is 42.5 Å². The molecule has 1 heterocycles. The fraction of sp³-hybridized carbons (Fsp3) is 0.0625. The number of ether oxygens (including phenoxy) is 2. The summed E-state index contributed by atoms with van der Waals surface area (Å²) in [5.41, 5.74) is 0.848. The molecule has 2 aromatic rings. The van der Waals surface area contributed by atoms with Crippen LogP contribution in [0.1, 0.15) is 5.56 Å². The summed E-state index contributed by atoms with van der Waals surface area (Å²) >= 11 is 5.65. The number of benzene rings is 2. The monoisotopic (exact) mass is 319 g/mol. The average molecular weight is 320 g/mol. The highest BCUT2D eigenvalue weighted by Crippen LogP contribution is 2.32. The molecule has 2 aromatic carbocycles. The van der Waals surface area contributed by atoms with Crippen LogP contribution in [-0.4, -0.2) is 12.7 Å². The number of nitrogens with one attached hydrogen (secondary N) is 1. The summed E-state index contributed by atoms with van der Waals surface area (Å²) in [5.74, 6) is 0.271. The lowest BCUT2D eigenvalue weighted by molar-refractivity contribution is -0.111. The molecule has 0 saturated heterocycles. The number of amides is 1. The topological polar surface area (TPSA) is 47.6 Å². The summed E-state index contributed by atoms with van der Waals surface area (Å²) in [4.78, 5) is 11.8. The number of halogens is 2. The fourth-order valence-electron chi connectivity index (χ4n) is 1.95. The normalized spacial score (nSPS) is 12.6. The van der Waals surface area contributed by atoms with E-state index in [1.165, 1.54) is 18.2 Å². The van der Waals surface area contributed by atoms with E-state index >= 15 is 0 Å². The van der Waals surface area contributed by atoms with Crippen LogP contribution >= 0.6 is 11.6 Å². The van der Waals surface area contributed by atoms with Crippen molar-refractivity contribution in [3.8, 4) is 11.5 Å². The van der Waals surface area contributed by atoms with Gasteiger partial charge in [0.05, 0.1) is 5.69 Å². The molecule has 0 unspecified atom stereocenters. The Morgan fingerprint density at radius 3 is 2.82 bits per heavy atom. The van der Waals surface area contributed by atoms with Crippen molar-refractivity contribution in [2.24, 2.45) is 0 Å². The molecule has 1 aliphatic rings. The van der Waals surface area contributed by atoms with Crippen molar-refractivity contribution in [1.82, 2.24) is 0 Å². The molecule has 0 atom stereocenters. The van der Waals surface area contributed by atoms with E-state index in [0.29, 0.717) is 11.5 Å². The molecular weight excluding hydrogens is 309 g/mol. The standard InChI is InChI=1S/C16H11ClFNO3/c17-11-3-4-13(12(18)8-11)19-16(20)6-2-10-1-5-14-15(7-10)22-9-21-14/h1-8H,9H2,(H,19,20)/b6-2+. The van der Waals surface area contributed by atoms with E-state index in [1.807, 2.05) is 0 Å². The first-order chi connectivity index (χ1) is 10.6. The third-order valence-corrected chi connectivity index (χ3v) is 3.25. The molecule has 0 saturated carbocycles. The highest BCUT2D eigenvalue weighted by atomic mass is 35.5. The van der Waals surface area contributed by atoms with Gasteiger partial charge in [0.25, 0.3) is 0 Å². The molecule has 4 nitrogen and oxygen atoms in total. The van der Waals surface area contributed by atoms with Crippen LogP contribution in [0.2, 0.25) is 5.02 Å². The molecule has 0 aromatic heterocycles. The van der Waals surface area contributed by atoms with E-state index in [1.54, 1.807) is 24.3 Å². The van der Waals surface area contributed by atoms with Crippen LogP contribution in [-0.2, 0) is 4.79 Å². The number of carbonyl (C=O) groups excluding carboxylic acids is 1. The van der Waals surface area contributed by atoms with Crippen LogP contribution in [0.5, 0.6) is 11.5 Å². The first kappa shape index (κ1) is 14.4. The van der Waals surface area contributed by atoms with Crippen molar-refractivity contribution < 1.29 is 18.7 Å². The largest absolute Gasteiger partial charge is 0.454 e. The zero-order valence-corrected chi connectivity index (χ0v) is 12.1. The second kappa shape index (κ2) is 6.07. The van der Waals surface area contributed by atoms with E-state index in [9.17, 15) is 9.18 Å². The number of hydrogen-bond acceptors (Lipinski definition) is 3. The molecule has 3 rings (SSSR count). The van der Waals surface area contributed by atoms with Gasteiger partial charge < -0.3 is 14.8 Å². The van der Waals surface area contributed by atoms with Crippen LogP contribution in [0, 0.1) is 5.82 Å². The molecule has 0 radical (unpaired) electrons. The first-order valence-electron chi connectivity index (χ1n) is 6.45. The van der Waals surface area contributed by atoms with Gasteiger partial charge in [-0.3, -0.25) is 4.79 Å². The molecule has 6 heteroatoms. The smallest absolute Gasteiger partial charge is 0.248 e. The maximum Gasteiger partial charge on any atom is 0.248 e. The number of fused-ring (bicyclic) bond motifs is 1. The summed E-state index contributed by atoms with van der Waals surface area (Å²) in [6.45, 7) is 0.193. The fourth-order valence-corrected chi connectivity index (χ4v) is 2.11. The van der Waals surface area contributed by atoms with Gasteiger partial charge in [-0.25, -0.2) is 4.39 Å². The summed E-state index contributed by atoms with van der Waals surface area (Å²) in [6.07, 6.45) is 2.91. The second-order valence-electron chi connectivity index (χ2n) is 4.56. The number of carbonyl (C=O) groups is 1. The summed E-state index contributed by atoms with van der Waals surface area (Å²) in [5, 5.41) is 2.71. The average Bonchev–Trinajstić information content (AvgIpc) is 2.95. The summed E-state index contributed by atoms with van der Waals surface area (Å²) in [7, 11) is 0. The Morgan fingerprint density at radius 2 is 2.00 bits per heavy atom. The molecule has 0 aliphatic carbocycles. The van der Waals surface area contributed by atoms with E-state index in [4.69, 9.17) is 21.1 Å². The van der Waals surface area contributed by atoms with Crippen LogP contribution < -0.4 is 14.8 Å². The lowest BCUT2D eigenvalue weighted by atomic mass is 10.2. The third kappa shape index (κ3) is 3.20. The Labute approximate surface area is 131 Å². The van der Waals surface area contributed by atoms with Gasteiger partial charge in [-0.15, -0.1) is 0 Å². The summed E-state index contributed by atoms with van der Waals surface area (Å²) < 4.78 is 24.0. The third-order valence-electron chi connectivity index (χ3n) is 3.01. The number of rotatable bonds is 3. The molecule has 1 aliphatic heterocycles. The van der Waals surface area contributed by atoms with Gasteiger partial charge in [-0.2, -0.15) is 0 Å². The van der Waals surface area contributed by atoms with Gasteiger partial charge >= 0.3 is 0 Å². The van der Waals surface area contributed by atoms with Gasteiger partial charge in [0.2, 0.25) is 12.7 Å². The predicted octanol–water partition coefficient (Wildman–Crippen LogP) is 3.86. The Hall–Kier alpha value is -2.53. The minimum absolute atomic E-state index is 0.0738. The van der Waals surface area contributed by atoms with Crippen molar-refractivity contribution in [2.45, 2.75) is 0 Å². The van der Waals surface area contributed by atoms with Gasteiger partial charge in [0, 0.05) is 11.1 Å². The predicted molar refractivity (Wildman–Crippen MR) is 81.6 cm³/mol. The van der Waals surface area contributed by atoms with Crippen LogP contribution in [0.3, 0.4) is 0 Å². The molecule has 1 amide bonds. The molecule has 0 spiro atoms. The van der Waals surface area contributed by atoms with Crippen molar-refractivity contribution in [1.29, 1.82) is 0 Å². The van der Waals surface area contributed by atoms with Crippen molar-refractivity contribution in [3.63, 3.8) is 0 Å². The maximum absolute atomic E-state index is 13.6. The number of anilines is 1. The van der Waals surface area contributed by atoms with Gasteiger partial charge in [-0.05, 0) is 42.0 Å². The Balaban J connectivity index is 1.68. The highest BCUT2D eigenvalue weighted by molar-refractivity contribution is 6.30. The lowest BCUT2D eigenvalue weighted by Crippen LogP contribution is -2.09. The van der Waals surface area contributed by atoms with Crippen LogP contribution in [0.4, 0.5) is 10.1 Å². The lowest BCUT2D eigenvalue weighted by Gasteiger charge is -2.04. The van der Waals surface area contributed by atoms with E-state index < -0.39 is 11.7 Å². The molecule has 0 fully saturated rings. The first-order valence-corrected chi connectivity index (χ1v) is 6.83. The van der Waals surface area contributed by atoms with Crippen molar-refractivity contribution in [3.05, 3.63) is 58.9 Å². The molecular formula is C16H11ClFNO3. The molecule has 0 bridgehead atoms. The zero-order valence-electron chi connectivity index (χ0n) is 11.3. The van der Waals surface area contributed by atoms with Crippen LogP contribution in [0.25, 0.3) is 6.08 Å². The molecule has 22 heavy (non-hydrogen) atoms.